The number of hydrogen-bond acceptors (Lipinski definition) is 3. The van der Waals surface area contributed by atoms with Crippen molar-refractivity contribution in [3.8, 4) is 11.5 Å². The van der Waals surface area contributed by atoms with Gasteiger partial charge in [0.1, 0.15) is 0 Å². The Morgan fingerprint density at radius 1 is 1.25 bits per heavy atom. The smallest absolute Gasteiger partial charge is 0.161 e. The summed E-state index contributed by atoms with van der Waals surface area (Å²) >= 11 is 9.52. The van der Waals surface area contributed by atoms with E-state index in [-0.39, 0.29) is 5.75 Å². The van der Waals surface area contributed by atoms with Crippen molar-refractivity contribution in [1.29, 1.82) is 0 Å². The van der Waals surface area contributed by atoms with Crippen LogP contribution in [0.5, 0.6) is 11.5 Å². The minimum atomic E-state index is 0.150. The fraction of sp³-hybridized carbons (Fsp3) is 0.200. The van der Waals surface area contributed by atoms with Crippen LogP contribution in [-0.4, -0.2) is 11.7 Å². The van der Waals surface area contributed by atoms with Gasteiger partial charge in [0.05, 0.1) is 17.3 Å². The topological polar surface area (TPSA) is 41.5 Å². The summed E-state index contributed by atoms with van der Waals surface area (Å²) in [4.78, 5) is 0. The normalized spacial score (nSPS) is 10.3. The number of aromatic hydroxyl groups is 1. The number of ether oxygens (including phenoxy) is 1. The molecule has 2 N–H and O–H groups in total. The predicted molar refractivity (Wildman–Crippen MR) is 85.8 cm³/mol. The monoisotopic (exact) mass is 355 g/mol. The van der Waals surface area contributed by atoms with Gasteiger partial charge in [-0.25, -0.2) is 0 Å². The second kappa shape index (κ2) is 6.86. The lowest BCUT2D eigenvalue weighted by molar-refractivity contribution is 0.318. The molecule has 0 aromatic heterocycles. The molecule has 0 aliphatic rings. The van der Waals surface area contributed by atoms with Crippen LogP contribution in [-0.2, 0) is 6.54 Å². The van der Waals surface area contributed by atoms with Gasteiger partial charge in [-0.15, -0.1) is 0 Å². The van der Waals surface area contributed by atoms with Gasteiger partial charge in [-0.05, 0) is 42.8 Å². The Labute approximate surface area is 131 Å². The van der Waals surface area contributed by atoms with E-state index in [1.54, 1.807) is 6.07 Å². The lowest BCUT2D eigenvalue weighted by Crippen LogP contribution is -2.01. The van der Waals surface area contributed by atoms with E-state index < -0.39 is 0 Å². The van der Waals surface area contributed by atoms with Crippen molar-refractivity contribution in [3.05, 3.63) is 51.5 Å². The Kier molecular flexibility index (Phi) is 5.15. The molecule has 2 aromatic rings. The summed E-state index contributed by atoms with van der Waals surface area (Å²) in [6.07, 6.45) is 0. The third-order valence-electron chi connectivity index (χ3n) is 2.74. The van der Waals surface area contributed by atoms with Crippen molar-refractivity contribution in [2.75, 3.05) is 11.9 Å². The molecule has 0 amide bonds. The van der Waals surface area contributed by atoms with Crippen LogP contribution in [0.15, 0.2) is 40.9 Å². The molecule has 106 valence electrons. The van der Waals surface area contributed by atoms with Crippen molar-refractivity contribution >= 4 is 33.2 Å². The van der Waals surface area contributed by atoms with Crippen LogP contribution in [0, 0.1) is 0 Å². The molecule has 3 nitrogen and oxygen atoms in total. The van der Waals surface area contributed by atoms with Gasteiger partial charge in [0, 0.05) is 11.0 Å². The molecule has 20 heavy (non-hydrogen) atoms. The van der Waals surface area contributed by atoms with E-state index in [9.17, 15) is 5.11 Å². The van der Waals surface area contributed by atoms with Crippen LogP contribution in [0.2, 0.25) is 5.02 Å². The lowest BCUT2D eigenvalue weighted by Gasteiger charge is -2.11. The van der Waals surface area contributed by atoms with Crippen LogP contribution in [0.3, 0.4) is 0 Å². The summed E-state index contributed by atoms with van der Waals surface area (Å²) in [5, 5.41) is 13.6. The number of rotatable bonds is 5. The number of benzene rings is 2. The van der Waals surface area contributed by atoms with E-state index in [0.717, 1.165) is 15.7 Å². The SMILES string of the molecule is CCOc1cc(CNc2ccc(Br)cc2Cl)ccc1O. The summed E-state index contributed by atoms with van der Waals surface area (Å²) in [5.41, 5.74) is 1.87. The molecule has 0 radical (unpaired) electrons. The van der Waals surface area contributed by atoms with Crippen LogP contribution < -0.4 is 10.1 Å². The first-order valence-electron chi connectivity index (χ1n) is 6.23. The fourth-order valence-corrected chi connectivity index (χ4v) is 2.51. The van der Waals surface area contributed by atoms with Gasteiger partial charge >= 0.3 is 0 Å². The van der Waals surface area contributed by atoms with E-state index in [1.807, 2.05) is 37.3 Å². The molecule has 0 aliphatic heterocycles. The summed E-state index contributed by atoms with van der Waals surface area (Å²) in [7, 11) is 0. The Bertz CT molecular complexity index is 604. The molecular weight excluding hydrogens is 342 g/mol. The second-order valence-corrected chi connectivity index (χ2v) is 5.54. The minimum absolute atomic E-state index is 0.150. The Hall–Kier alpha value is -1.39. The molecule has 0 spiro atoms. The van der Waals surface area contributed by atoms with Gasteiger partial charge in [0.2, 0.25) is 0 Å². The van der Waals surface area contributed by atoms with Gasteiger partial charge in [-0.3, -0.25) is 0 Å². The van der Waals surface area contributed by atoms with Crippen molar-refractivity contribution in [1.82, 2.24) is 0 Å². The molecule has 0 atom stereocenters. The molecule has 0 bridgehead atoms. The molecule has 2 rings (SSSR count). The summed E-state index contributed by atoms with van der Waals surface area (Å²) < 4.78 is 6.30. The van der Waals surface area contributed by atoms with E-state index in [2.05, 4.69) is 21.2 Å². The number of phenols is 1. The third-order valence-corrected chi connectivity index (χ3v) is 3.54. The standard InChI is InChI=1S/C15H15BrClNO2/c1-2-20-15-7-10(3-6-14(15)19)9-18-13-5-4-11(16)8-12(13)17/h3-8,18-19H,2,9H2,1H3. The van der Waals surface area contributed by atoms with E-state index in [1.165, 1.54) is 0 Å². The highest BCUT2D eigenvalue weighted by Gasteiger charge is 2.05. The van der Waals surface area contributed by atoms with Gasteiger partial charge < -0.3 is 15.2 Å². The first-order valence-corrected chi connectivity index (χ1v) is 7.41. The quantitative estimate of drug-likeness (QED) is 0.807. The van der Waals surface area contributed by atoms with E-state index in [4.69, 9.17) is 16.3 Å². The number of anilines is 1. The zero-order valence-electron chi connectivity index (χ0n) is 11.0. The van der Waals surface area contributed by atoms with Crippen molar-refractivity contribution in [2.45, 2.75) is 13.5 Å². The third kappa shape index (κ3) is 3.81. The molecule has 0 saturated carbocycles. The highest BCUT2D eigenvalue weighted by atomic mass is 79.9. The highest BCUT2D eigenvalue weighted by Crippen LogP contribution is 2.29. The van der Waals surface area contributed by atoms with Crippen molar-refractivity contribution in [3.63, 3.8) is 0 Å². The molecule has 0 fully saturated rings. The maximum atomic E-state index is 9.65. The number of nitrogens with one attached hydrogen (secondary N) is 1. The molecule has 2 aromatic carbocycles. The summed E-state index contributed by atoms with van der Waals surface area (Å²) in [6, 6.07) is 11.0. The highest BCUT2D eigenvalue weighted by molar-refractivity contribution is 9.10. The maximum absolute atomic E-state index is 9.65. The molecule has 0 saturated heterocycles. The van der Waals surface area contributed by atoms with Gasteiger partial charge in [0.15, 0.2) is 11.5 Å². The van der Waals surface area contributed by atoms with Crippen molar-refractivity contribution < 1.29 is 9.84 Å². The number of phenolic OH excluding ortho intramolecular Hbond substituents is 1. The zero-order valence-corrected chi connectivity index (χ0v) is 13.3. The second-order valence-electron chi connectivity index (χ2n) is 4.21. The Morgan fingerprint density at radius 3 is 2.75 bits per heavy atom. The number of hydrogen-bond donors (Lipinski definition) is 2. The molecular formula is C15H15BrClNO2. The van der Waals surface area contributed by atoms with Gasteiger partial charge in [-0.2, -0.15) is 0 Å². The van der Waals surface area contributed by atoms with Crippen molar-refractivity contribution in [2.24, 2.45) is 0 Å². The average Bonchev–Trinajstić information content (AvgIpc) is 2.41. The summed E-state index contributed by atoms with van der Waals surface area (Å²) in [6.45, 7) is 3.00. The van der Waals surface area contributed by atoms with Crippen LogP contribution in [0.4, 0.5) is 5.69 Å². The van der Waals surface area contributed by atoms with Crippen LogP contribution >= 0.6 is 27.5 Å². The van der Waals surface area contributed by atoms with E-state index >= 15 is 0 Å². The van der Waals surface area contributed by atoms with Gasteiger partial charge in [0.25, 0.3) is 0 Å². The Morgan fingerprint density at radius 2 is 2.05 bits per heavy atom. The minimum Gasteiger partial charge on any atom is -0.504 e. The lowest BCUT2D eigenvalue weighted by atomic mass is 10.2. The largest absolute Gasteiger partial charge is 0.504 e. The predicted octanol–water partition coefficient (Wildman–Crippen LogP) is 4.82. The van der Waals surface area contributed by atoms with Crippen LogP contribution in [0.25, 0.3) is 0 Å². The molecule has 0 heterocycles. The molecule has 5 heteroatoms. The fourth-order valence-electron chi connectivity index (χ4n) is 1.77. The average molecular weight is 357 g/mol. The zero-order chi connectivity index (χ0) is 14.5. The first kappa shape index (κ1) is 15.0. The van der Waals surface area contributed by atoms with Crippen LogP contribution in [0.1, 0.15) is 12.5 Å². The summed E-state index contributed by atoms with van der Waals surface area (Å²) in [5.74, 6) is 0.644. The molecule has 0 aliphatic carbocycles. The van der Waals surface area contributed by atoms with Gasteiger partial charge in [-0.1, -0.05) is 33.6 Å². The number of halogens is 2. The first-order chi connectivity index (χ1) is 9.60. The maximum Gasteiger partial charge on any atom is 0.161 e. The molecule has 0 unspecified atom stereocenters. The van der Waals surface area contributed by atoms with E-state index in [0.29, 0.717) is 23.9 Å². The Balaban J connectivity index is 2.08.